The van der Waals surface area contributed by atoms with Crippen LogP contribution < -0.4 is 11.1 Å². The summed E-state index contributed by atoms with van der Waals surface area (Å²) in [4.78, 5) is 37.8. The molecular weight excluding hydrogens is 670 g/mol. The first-order chi connectivity index (χ1) is 24.0. The largest absolute Gasteiger partial charge is 0.462 e. The number of hydrogen-bond acceptors (Lipinski definition) is 14. The lowest BCUT2D eigenvalue weighted by atomic mass is 9.83. The van der Waals surface area contributed by atoms with Crippen LogP contribution in [0.4, 0.5) is 5.82 Å². The van der Waals surface area contributed by atoms with Crippen LogP contribution in [0.5, 0.6) is 0 Å². The molecule has 8 N–H and O–H groups in total. The van der Waals surface area contributed by atoms with Gasteiger partial charge in [0.15, 0.2) is 5.82 Å². The van der Waals surface area contributed by atoms with Gasteiger partial charge in [-0.05, 0) is 12.8 Å². The van der Waals surface area contributed by atoms with E-state index in [0.717, 1.165) is 56.0 Å². The molecule has 0 radical (unpaired) electrons. The van der Waals surface area contributed by atoms with Crippen molar-refractivity contribution in [1.82, 2.24) is 15.0 Å². The Morgan fingerprint density at radius 1 is 0.780 bits per heavy atom. The van der Waals surface area contributed by atoms with Crippen molar-refractivity contribution in [3.05, 3.63) is 6.20 Å². The van der Waals surface area contributed by atoms with E-state index in [2.05, 4.69) is 29.5 Å². The highest BCUT2D eigenvalue weighted by molar-refractivity contribution is 7.99. The summed E-state index contributed by atoms with van der Waals surface area (Å²) >= 11 is 1.26. The van der Waals surface area contributed by atoms with Crippen molar-refractivity contribution >= 4 is 35.4 Å². The van der Waals surface area contributed by atoms with Crippen molar-refractivity contribution in [2.75, 3.05) is 23.4 Å². The van der Waals surface area contributed by atoms with Gasteiger partial charge in [0, 0.05) is 24.3 Å². The minimum atomic E-state index is -1.76. The fraction of sp³-hybridized carbons (Fsp3) is 0.853. The summed E-state index contributed by atoms with van der Waals surface area (Å²) in [7, 11) is 0. The molecule has 1 aromatic heterocycles. The second kappa shape index (κ2) is 24.8. The summed E-state index contributed by atoms with van der Waals surface area (Å²) in [5.41, 5.74) is 6.10. The molecule has 1 aliphatic rings. The van der Waals surface area contributed by atoms with Crippen LogP contribution in [0.15, 0.2) is 6.20 Å². The summed E-state index contributed by atoms with van der Waals surface area (Å²) in [6.07, 6.45) is 7.49. The number of aliphatic hydroxyl groups is 5. The van der Waals surface area contributed by atoms with Gasteiger partial charge in [0.05, 0.1) is 12.2 Å². The van der Waals surface area contributed by atoms with E-state index in [4.69, 9.17) is 15.2 Å². The average Bonchev–Trinajstić information content (AvgIpc) is 3.55. The summed E-state index contributed by atoms with van der Waals surface area (Å²) in [6, 6.07) is -2.36. The molecule has 1 unspecified atom stereocenters. The fourth-order valence-corrected chi connectivity index (χ4v) is 6.67. The lowest BCUT2D eigenvalue weighted by Crippen LogP contribution is -2.61. The lowest BCUT2D eigenvalue weighted by molar-refractivity contribution is -0.200. The minimum Gasteiger partial charge on any atom is -0.462 e. The predicted octanol–water partition coefficient (Wildman–Crippen LogP) is 2.37. The average molecular weight is 732 g/mol. The summed E-state index contributed by atoms with van der Waals surface area (Å²) < 4.78 is 12.1. The number of amides is 1. The Bertz CT molecular complexity index is 1100. The standard InChI is InChI=1S/C34H61N5O10S/c1-3-5-7-9-11-13-15-17-26(40)48-20-23(49-27(41)18-16-14-12-10-8-6-4-2)21-50-22-24(35)34(47)36-25-19-39(38-37-25)28-29(42)31(44)33(46)32(45)30(28)43/h19,23-24,28-33,42-46H,3-18,20-22,35H2,1-2H3,(H,36,47)/t23-,24-,28?,29+,30+,31-,32+,33+/m1/s1. The van der Waals surface area contributed by atoms with Crippen LogP contribution >= 0.6 is 11.8 Å². The third kappa shape index (κ3) is 15.9. The topological polar surface area (TPSA) is 240 Å². The monoisotopic (exact) mass is 731 g/mol. The zero-order chi connectivity index (χ0) is 36.9. The molecule has 1 aliphatic carbocycles. The highest BCUT2D eigenvalue weighted by atomic mass is 32.2. The van der Waals surface area contributed by atoms with Gasteiger partial charge >= 0.3 is 11.9 Å². The van der Waals surface area contributed by atoms with E-state index in [0.29, 0.717) is 6.42 Å². The number of rotatable bonds is 26. The van der Waals surface area contributed by atoms with E-state index >= 15 is 0 Å². The molecule has 1 heterocycles. The van der Waals surface area contributed by atoms with Crippen molar-refractivity contribution in [3.63, 3.8) is 0 Å². The molecule has 8 atom stereocenters. The van der Waals surface area contributed by atoms with Crippen LogP contribution in [0.1, 0.15) is 123 Å². The van der Waals surface area contributed by atoms with E-state index in [1.54, 1.807) is 0 Å². The van der Waals surface area contributed by atoms with Gasteiger partial charge in [0.2, 0.25) is 5.91 Å². The molecule has 1 amide bonds. The van der Waals surface area contributed by atoms with Gasteiger partial charge in [0.1, 0.15) is 49.3 Å². The SMILES string of the molecule is CCCCCCCCCC(=O)OC[C@H](CSC[C@@H](N)C(=O)Nc1cn(C2[C@H](O)[C@H](O)[C@@H](O)[C@H](O)[C@H]2O)nn1)OC(=O)CCCCCCCCC. The maximum absolute atomic E-state index is 12.8. The number of nitrogens with two attached hydrogens (primary N) is 1. The number of nitrogens with zero attached hydrogens (tertiary/aromatic N) is 3. The van der Waals surface area contributed by atoms with Crippen molar-refractivity contribution in [2.45, 2.75) is 165 Å². The van der Waals surface area contributed by atoms with Gasteiger partial charge in [-0.1, -0.05) is 96.1 Å². The van der Waals surface area contributed by atoms with Crippen LogP contribution in [-0.2, 0) is 23.9 Å². The molecule has 288 valence electrons. The quantitative estimate of drug-likeness (QED) is 0.0535. The number of unbranched alkanes of at least 4 members (excludes halogenated alkanes) is 12. The summed E-state index contributed by atoms with van der Waals surface area (Å²) in [5.74, 6) is -0.991. The van der Waals surface area contributed by atoms with Gasteiger partial charge in [0.25, 0.3) is 0 Å². The third-order valence-corrected chi connectivity index (χ3v) is 10.0. The molecule has 1 saturated carbocycles. The first kappa shape index (κ1) is 43.8. The van der Waals surface area contributed by atoms with E-state index < -0.39 is 54.6 Å². The Morgan fingerprint density at radius 2 is 1.28 bits per heavy atom. The van der Waals surface area contributed by atoms with E-state index in [1.165, 1.54) is 56.5 Å². The normalized spacial score (nSPS) is 23.3. The molecule has 50 heavy (non-hydrogen) atoms. The van der Waals surface area contributed by atoms with Crippen LogP contribution in [0.3, 0.4) is 0 Å². The van der Waals surface area contributed by atoms with Crippen molar-refractivity contribution in [2.24, 2.45) is 5.73 Å². The number of hydrogen-bond donors (Lipinski definition) is 7. The molecule has 1 aromatic rings. The number of carbonyl (C=O) groups excluding carboxylic acids is 3. The molecule has 2 rings (SSSR count). The number of esters is 2. The number of aliphatic hydroxyl groups excluding tert-OH is 5. The second-order valence-corrected chi connectivity index (χ2v) is 14.3. The number of carbonyl (C=O) groups is 3. The lowest BCUT2D eigenvalue weighted by Gasteiger charge is -2.41. The van der Waals surface area contributed by atoms with Crippen LogP contribution in [0, 0.1) is 0 Å². The van der Waals surface area contributed by atoms with Gasteiger partial charge in [-0.3, -0.25) is 14.4 Å². The molecular formula is C34H61N5O10S. The number of ether oxygens (including phenoxy) is 2. The molecule has 1 fully saturated rings. The maximum atomic E-state index is 12.8. The van der Waals surface area contributed by atoms with Gasteiger partial charge in [-0.2, -0.15) is 11.8 Å². The number of thioether (sulfide) groups is 1. The Balaban J connectivity index is 1.84. The highest BCUT2D eigenvalue weighted by Gasteiger charge is 2.49. The molecule has 16 heteroatoms. The predicted molar refractivity (Wildman–Crippen MR) is 189 cm³/mol. The van der Waals surface area contributed by atoms with Crippen LogP contribution in [-0.4, -0.2) is 119 Å². The molecule has 0 spiro atoms. The Kier molecular flexibility index (Phi) is 21.7. The fourth-order valence-electron chi connectivity index (χ4n) is 5.70. The number of aromatic nitrogens is 3. The van der Waals surface area contributed by atoms with Crippen molar-refractivity contribution in [1.29, 1.82) is 0 Å². The summed E-state index contributed by atoms with van der Waals surface area (Å²) in [6.45, 7) is 4.25. The number of nitrogens with one attached hydrogen (secondary N) is 1. The smallest absolute Gasteiger partial charge is 0.306 e. The molecule has 0 bridgehead atoms. The third-order valence-electron chi connectivity index (χ3n) is 8.80. The first-order valence-corrected chi connectivity index (χ1v) is 19.5. The molecule has 0 aromatic carbocycles. The van der Waals surface area contributed by atoms with E-state index in [9.17, 15) is 39.9 Å². The van der Waals surface area contributed by atoms with E-state index in [1.807, 2.05) is 0 Å². The Morgan fingerprint density at radius 3 is 1.84 bits per heavy atom. The van der Waals surface area contributed by atoms with E-state index in [-0.39, 0.29) is 42.3 Å². The zero-order valence-corrected chi connectivity index (χ0v) is 30.6. The second-order valence-electron chi connectivity index (χ2n) is 13.2. The first-order valence-electron chi connectivity index (χ1n) is 18.3. The van der Waals surface area contributed by atoms with Crippen LogP contribution in [0.2, 0.25) is 0 Å². The molecule has 0 aliphatic heterocycles. The Hall–Kier alpha value is -2.34. The molecule has 15 nitrogen and oxygen atoms in total. The maximum Gasteiger partial charge on any atom is 0.306 e. The minimum absolute atomic E-state index is 0.0602. The summed E-state index contributed by atoms with van der Waals surface area (Å²) in [5, 5.41) is 60.5. The van der Waals surface area contributed by atoms with Crippen molar-refractivity contribution < 1.29 is 49.4 Å². The Labute approximate surface area is 300 Å². The zero-order valence-electron chi connectivity index (χ0n) is 29.7. The van der Waals surface area contributed by atoms with Gasteiger partial charge < -0.3 is 46.1 Å². The van der Waals surface area contributed by atoms with Crippen LogP contribution in [0.25, 0.3) is 0 Å². The number of anilines is 1. The van der Waals surface area contributed by atoms with Gasteiger partial charge in [-0.15, -0.1) is 5.10 Å². The highest BCUT2D eigenvalue weighted by Crippen LogP contribution is 2.30. The van der Waals surface area contributed by atoms with Gasteiger partial charge in [-0.25, -0.2) is 4.68 Å². The van der Waals surface area contributed by atoms with Crippen molar-refractivity contribution in [3.8, 4) is 0 Å². The molecule has 0 saturated heterocycles.